The van der Waals surface area contributed by atoms with Gasteiger partial charge in [-0.3, -0.25) is 10.1 Å². The lowest BCUT2D eigenvalue weighted by Gasteiger charge is -2.16. The molecule has 7 nitrogen and oxygen atoms in total. The molecule has 0 bridgehead atoms. The van der Waals surface area contributed by atoms with E-state index in [2.05, 4.69) is 34.9 Å². The summed E-state index contributed by atoms with van der Waals surface area (Å²) in [5.74, 6) is -1.65. The first-order chi connectivity index (χ1) is 16.9. The summed E-state index contributed by atoms with van der Waals surface area (Å²) >= 11 is 2.04. The standard InChI is InChI=1S/C27H25IN2O5/c1-2-7-24(26(32)33)30-25(31)16-12-17(28)14-18(13-16)29-27(34)35-15-23-21-10-5-3-8-19(21)20-9-4-6-11-22(20)23/h3-6,8-14,23-24H,2,7,15H2,1H3,(H,29,34)(H,30,31)(H,32,33)/t24-/m0/s1. The van der Waals surface area contributed by atoms with E-state index in [-0.39, 0.29) is 18.1 Å². The number of ether oxygens (including phenoxy) is 1. The number of hydrogen-bond donors (Lipinski definition) is 3. The molecule has 0 saturated heterocycles. The molecule has 2 amide bonds. The highest BCUT2D eigenvalue weighted by atomic mass is 127. The Hall–Kier alpha value is -3.40. The van der Waals surface area contributed by atoms with Gasteiger partial charge in [0, 0.05) is 20.7 Å². The summed E-state index contributed by atoms with van der Waals surface area (Å²) in [5.41, 5.74) is 5.18. The van der Waals surface area contributed by atoms with Crippen LogP contribution in [0.5, 0.6) is 0 Å². The van der Waals surface area contributed by atoms with Crippen LogP contribution < -0.4 is 10.6 Å². The van der Waals surface area contributed by atoms with Crippen molar-refractivity contribution in [2.75, 3.05) is 11.9 Å². The van der Waals surface area contributed by atoms with Crippen LogP contribution in [0.2, 0.25) is 0 Å². The summed E-state index contributed by atoms with van der Waals surface area (Å²) in [4.78, 5) is 36.6. The predicted molar refractivity (Wildman–Crippen MR) is 142 cm³/mol. The van der Waals surface area contributed by atoms with E-state index in [0.717, 1.165) is 22.3 Å². The average molecular weight is 584 g/mol. The molecule has 0 fully saturated rings. The molecule has 3 aromatic rings. The molecule has 0 heterocycles. The van der Waals surface area contributed by atoms with Gasteiger partial charge < -0.3 is 15.2 Å². The van der Waals surface area contributed by atoms with Crippen LogP contribution in [0, 0.1) is 3.57 Å². The summed E-state index contributed by atoms with van der Waals surface area (Å²) in [6.07, 6.45) is 0.322. The fourth-order valence-corrected chi connectivity index (χ4v) is 5.00. The van der Waals surface area contributed by atoms with Crippen LogP contribution in [0.1, 0.15) is 47.2 Å². The molecular formula is C27H25IN2O5. The number of nitrogens with one attached hydrogen (secondary N) is 2. The largest absolute Gasteiger partial charge is 0.480 e. The lowest BCUT2D eigenvalue weighted by molar-refractivity contribution is -0.139. The maximum Gasteiger partial charge on any atom is 0.411 e. The number of carboxylic acid groups (broad SMARTS) is 1. The number of benzene rings is 3. The number of carbonyl (C=O) groups is 3. The van der Waals surface area contributed by atoms with E-state index in [1.54, 1.807) is 12.1 Å². The van der Waals surface area contributed by atoms with Crippen LogP contribution in [0.3, 0.4) is 0 Å². The minimum atomic E-state index is -1.08. The van der Waals surface area contributed by atoms with E-state index < -0.39 is 24.0 Å². The van der Waals surface area contributed by atoms with Crippen molar-refractivity contribution in [2.45, 2.75) is 31.7 Å². The Morgan fingerprint density at radius 3 is 2.23 bits per heavy atom. The van der Waals surface area contributed by atoms with E-state index in [0.29, 0.717) is 22.1 Å². The summed E-state index contributed by atoms with van der Waals surface area (Å²) < 4.78 is 6.30. The van der Waals surface area contributed by atoms with Gasteiger partial charge in [-0.15, -0.1) is 0 Å². The predicted octanol–water partition coefficient (Wildman–Crippen LogP) is 5.64. The molecule has 0 aromatic heterocycles. The quantitative estimate of drug-likeness (QED) is 0.298. The van der Waals surface area contributed by atoms with Crippen LogP contribution >= 0.6 is 22.6 Å². The molecule has 3 N–H and O–H groups in total. The van der Waals surface area contributed by atoms with E-state index in [9.17, 15) is 19.5 Å². The van der Waals surface area contributed by atoms with Crippen molar-refractivity contribution < 1.29 is 24.2 Å². The monoisotopic (exact) mass is 584 g/mol. The van der Waals surface area contributed by atoms with Crippen molar-refractivity contribution in [2.24, 2.45) is 0 Å². The number of carbonyl (C=O) groups excluding carboxylic acids is 2. The van der Waals surface area contributed by atoms with Crippen LogP contribution in [0.15, 0.2) is 66.7 Å². The molecule has 180 valence electrons. The zero-order chi connectivity index (χ0) is 24.9. The maximum absolute atomic E-state index is 12.6. The van der Waals surface area contributed by atoms with E-state index in [1.165, 1.54) is 6.07 Å². The smallest absolute Gasteiger partial charge is 0.411 e. The number of anilines is 1. The number of fused-ring (bicyclic) bond motifs is 3. The van der Waals surface area contributed by atoms with Gasteiger partial charge in [0.15, 0.2) is 0 Å². The third-order valence-corrected chi connectivity index (χ3v) is 6.55. The van der Waals surface area contributed by atoms with Crippen molar-refractivity contribution in [1.29, 1.82) is 0 Å². The van der Waals surface area contributed by atoms with Gasteiger partial charge in [-0.2, -0.15) is 0 Å². The van der Waals surface area contributed by atoms with Gasteiger partial charge in [0.25, 0.3) is 5.91 Å². The van der Waals surface area contributed by atoms with E-state index >= 15 is 0 Å². The molecule has 1 aliphatic rings. The summed E-state index contributed by atoms with van der Waals surface area (Å²) in [7, 11) is 0. The van der Waals surface area contributed by atoms with Gasteiger partial charge in [0.2, 0.25) is 0 Å². The summed E-state index contributed by atoms with van der Waals surface area (Å²) in [6.45, 7) is 2.03. The molecule has 1 atom stereocenters. The number of hydrogen-bond acceptors (Lipinski definition) is 4. The lowest BCUT2D eigenvalue weighted by Crippen LogP contribution is -2.40. The highest BCUT2D eigenvalue weighted by molar-refractivity contribution is 14.1. The first kappa shape index (κ1) is 24.7. The van der Waals surface area contributed by atoms with Gasteiger partial charge in [0.05, 0.1) is 0 Å². The number of rotatable bonds is 8. The van der Waals surface area contributed by atoms with E-state index in [4.69, 9.17) is 4.74 Å². The number of amides is 2. The molecule has 0 aliphatic heterocycles. The average Bonchev–Trinajstić information content (AvgIpc) is 3.15. The molecule has 0 saturated carbocycles. The van der Waals surface area contributed by atoms with Gasteiger partial charge in [-0.05, 0) is 69.5 Å². The Morgan fingerprint density at radius 1 is 1.00 bits per heavy atom. The fourth-order valence-electron chi connectivity index (χ4n) is 4.33. The minimum absolute atomic E-state index is 0.0584. The number of halogens is 1. The highest BCUT2D eigenvalue weighted by Gasteiger charge is 2.29. The molecule has 35 heavy (non-hydrogen) atoms. The van der Waals surface area contributed by atoms with Gasteiger partial charge >= 0.3 is 12.1 Å². The second-order valence-corrected chi connectivity index (χ2v) is 9.58. The summed E-state index contributed by atoms with van der Waals surface area (Å²) in [6, 6.07) is 20.1. The second kappa shape index (κ2) is 10.9. The maximum atomic E-state index is 12.6. The first-order valence-electron chi connectivity index (χ1n) is 11.3. The van der Waals surface area contributed by atoms with Gasteiger partial charge in [-0.25, -0.2) is 9.59 Å². The topological polar surface area (TPSA) is 105 Å². The first-order valence-corrected chi connectivity index (χ1v) is 12.4. The minimum Gasteiger partial charge on any atom is -0.480 e. The molecule has 4 rings (SSSR count). The molecule has 1 aliphatic carbocycles. The molecule has 3 aromatic carbocycles. The third kappa shape index (κ3) is 5.64. The van der Waals surface area contributed by atoms with Crippen LogP contribution in [0.25, 0.3) is 11.1 Å². The van der Waals surface area contributed by atoms with Crippen molar-refractivity contribution in [1.82, 2.24) is 5.32 Å². The van der Waals surface area contributed by atoms with Gasteiger partial charge in [0.1, 0.15) is 12.6 Å². The Bertz CT molecular complexity index is 1230. The normalized spacial score (nSPS) is 12.9. The Morgan fingerprint density at radius 2 is 1.63 bits per heavy atom. The van der Waals surface area contributed by atoms with Crippen molar-refractivity contribution >= 4 is 46.2 Å². The van der Waals surface area contributed by atoms with Crippen molar-refractivity contribution in [3.05, 3.63) is 87.0 Å². The third-order valence-electron chi connectivity index (χ3n) is 5.93. The molecular weight excluding hydrogens is 559 g/mol. The Labute approximate surface area is 217 Å². The molecule has 8 heteroatoms. The van der Waals surface area contributed by atoms with Crippen LogP contribution in [0.4, 0.5) is 10.5 Å². The van der Waals surface area contributed by atoms with Crippen LogP contribution in [-0.4, -0.2) is 35.7 Å². The SMILES string of the molecule is CCC[C@H](NC(=O)c1cc(I)cc(NC(=O)OCC2c3ccccc3-c3ccccc32)c1)C(=O)O. The van der Waals surface area contributed by atoms with Crippen LogP contribution in [-0.2, 0) is 9.53 Å². The molecule has 0 unspecified atom stereocenters. The van der Waals surface area contributed by atoms with E-state index in [1.807, 2.05) is 53.8 Å². The zero-order valence-electron chi connectivity index (χ0n) is 19.1. The van der Waals surface area contributed by atoms with Crippen molar-refractivity contribution in [3.8, 4) is 11.1 Å². The zero-order valence-corrected chi connectivity index (χ0v) is 21.2. The number of aliphatic carboxylic acids is 1. The fraction of sp³-hybridized carbons (Fsp3) is 0.222. The van der Waals surface area contributed by atoms with Crippen molar-refractivity contribution in [3.63, 3.8) is 0 Å². The second-order valence-electron chi connectivity index (χ2n) is 8.33. The highest BCUT2D eigenvalue weighted by Crippen LogP contribution is 2.44. The Kier molecular flexibility index (Phi) is 7.70. The molecule has 0 spiro atoms. The summed E-state index contributed by atoms with van der Waals surface area (Å²) in [5, 5.41) is 14.5. The number of carboxylic acids is 1. The lowest BCUT2D eigenvalue weighted by atomic mass is 9.98. The molecule has 0 radical (unpaired) electrons. The van der Waals surface area contributed by atoms with Gasteiger partial charge in [-0.1, -0.05) is 61.9 Å². The Balaban J connectivity index is 1.43.